The SMILES string of the molecule is CCC[C@H](N)c1nc(CC(F)(F)F)no1. The molecule has 0 aliphatic carbocycles. The molecular formula is C8H12F3N3O. The number of hydrogen-bond acceptors (Lipinski definition) is 4. The van der Waals surface area contributed by atoms with E-state index in [4.69, 9.17) is 5.73 Å². The lowest BCUT2D eigenvalue weighted by Crippen LogP contribution is -2.13. The number of nitrogens with two attached hydrogens (primary N) is 1. The van der Waals surface area contributed by atoms with Crippen LogP contribution >= 0.6 is 0 Å². The molecule has 0 saturated carbocycles. The van der Waals surface area contributed by atoms with Crippen LogP contribution in [0.25, 0.3) is 0 Å². The summed E-state index contributed by atoms with van der Waals surface area (Å²) in [6, 6.07) is -0.482. The molecule has 1 heterocycles. The molecule has 1 aromatic heterocycles. The first-order valence-corrected chi connectivity index (χ1v) is 4.57. The van der Waals surface area contributed by atoms with Crippen molar-refractivity contribution in [3.8, 4) is 0 Å². The Labute approximate surface area is 84.6 Å². The number of nitrogens with zero attached hydrogens (tertiary/aromatic N) is 2. The Hall–Kier alpha value is -1.11. The van der Waals surface area contributed by atoms with Gasteiger partial charge < -0.3 is 10.3 Å². The molecule has 86 valence electrons. The zero-order valence-electron chi connectivity index (χ0n) is 8.21. The van der Waals surface area contributed by atoms with Gasteiger partial charge in [0.2, 0.25) is 5.89 Å². The molecular weight excluding hydrogens is 211 g/mol. The highest BCUT2D eigenvalue weighted by Gasteiger charge is 2.31. The molecule has 0 spiro atoms. The van der Waals surface area contributed by atoms with E-state index in [1.54, 1.807) is 0 Å². The summed E-state index contributed by atoms with van der Waals surface area (Å²) < 4.78 is 40.5. The highest BCUT2D eigenvalue weighted by molar-refractivity contribution is 4.93. The Bertz CT molecular complexity index is 310. The maximum Gasteiger partial charge on any atom is 0.396 e. The van der Waals surface area contributed by atoms with Crippen molar-refractivity contribution in [1.82, 2.24) is 10.1 Å². The molecule has 1 rings (SSSR count). The fourth-order valence-electron chi connectivity index (χ4n) is 1.10. The van der Waals surface area contributed by atoms with Crippen LogP contribution in [0.5, 0.6) is 0 Å². The van der Waals surface area contributed by atoms with Gasteiger partial charge in [0.1, 0.15) is 6.42 Å². The smallest absolute Gasteiger partial charge is 0.338 e. The molecule has 0 unspecified atom stereocenters. The summed E-state index contributed by atoms with van der Waals surface area (Å²) in [5.41, 5.74) is 5.61. The second kappa shape index (κ2) is 4.61. The average molecular weight is 223 g/mol. The Morgan fingerprint density at radius 2 is 2.13 bits per heavy atom. The van der Waals surface area contributed by atoms with E-state index in [9.17, 15) is 13.2 Å². The molecule has 4 nitrogen and oxygen atoms in total. The highest BCUT2D eigenvalue weighted by atomic mass is 19.4. The Kier molecular flexibility index (Phi) is 3.67. The molecule has 0 amide bonds. The minimum absolute atomic E-state index is 0.0658. The van der Waals surface area contributed by atoms with Crippen LogP contribution < -0.4 is 5.73 Å². The van der Waals surface area contributed by atoms with Crippen molar-refractivity contribution in [3.05, 3.63) is 11.7 Å². The Morgan fingerprint density at radius 3 is 2.67 bits per heavy atom. The Balaban J connectivity index is 2.64. The van der Waals surface area contributed by atoms with Gasteiger partial charge in [0.25, 0.3) is 0 Å². The molecule has 0 bridgehead atoms. The van der Waals surface area contributed by atoms with Crippen molar-refractivity contribution in [2.45, 2.75) is 38.4 Å². The van der Waals surface area contributed by atoms with Crippen LogP contribution in [0.1, 0.15) is 37.5 Å². The molecule has 7 heteroatoms. The number of alkyl halides is 3. The maximum absolute atomic E-state index is 11.9. The van der Waals surface area contributed by atoms with E-state index in [1.165, 1.54) is 0 Å². The van der Waals surface area contributed by atoms with Crippen LogP contribution in [-0.4, -0.2) is 16.3 Å². The fraction of sp³-hybridized carbons (Fsp3) is 0.750. The minimum Gasteiger partial charge on any atom is -0.338 e. The van der Waals surface area contributed by atoms with Gasteiger partial charge in [-0.05, 0) is 6.42 Å². The predicted molar refractivity (Wildman–Crippen MR) is 45.9 cm³/mol. The van der Waals surface area contributed by atoms with Gasteiger partial charge in [-0.15, -0.1) is 0 Å². The molecule has 0 aromatic carbocycles. The van der Waals surface area contributed by atoms with Crippen molar-refractivity contribution < 1.29 is 17.7 Å². The van der Waals surface area contributed by atoms with Gasteiger partial charge in [-0.25, -0.2) is 0 Å². The molecule has 1 aromatic rings. The summed E-state index contributed by atoms with van der Waals surface area (Å²) in [6.07, 6.45) is -4.10. The summed E-state index contributed by atoms with van der Waals surface area (Å²) in [4.78, 5) is 3.59. The van der Waals surface area contributed by atoms with E-state index in [0.29, 0.717) is 6.42 Å². The van der Waals surface area contributed by atoms with Crippen LogP contribution in [0.15, 0.2) is 4.52 Å². The molecule has 1 atom stereocenters. The van der Waals surface area contributed by atoms with E-state index >= 15 is 0 Å². The third-order valence-electron chi connectivity index (χ3n) is 1.76. The summed E-state index contributed by atoms with van der Waals surface area (Å²) in [5, 5.41) is 3.22. The lowest BCUT2D eigenvalue weighted by molar-refractivity contribution is -0.128. The molecule has 0 saturated heterocycles. The van der Waals surface area contributed by atoms with Gasteiger partial charge in [-0.1, -0.05) is 18.5 Å². The lowest BCUT2D eigenvalue weighted by atomic mass is 10.2. The quantitative estimate of drug-likeness (QED) is 0.847. The average Bonchev–Trinajstić information content (AvgIpc) is 2.50. The monoisotopic (exact) mass is 223 g/mol. The van der Waals surface area contributed by atoms with Crippen LogP contribution in [0.3, 0.4) is 0 Å². The van der Waals surface area contributed by atoms with Crippen molar-refractivity contribution in [2.75, 3.05) is 0 Å². The first kappa shape index (κ1) is 12.0. The number of rotatable bonds is 4. The summed E-state index contributed by atoms with van der Waals surface area (Å²) in [7, 11) is 0. The van der Waals surface area contributed by atoms with Crippen LogP contribution in [0.2, 0.25) is 0 Å². The van der Waals surface area contributed by atoms with Crippen molar-refractivity contribution in [1.29, 1.82) is 0 Å². The first-order chi connectivity index (χ1) is 6.92. The minimum atomic E-state index is -4.32. The molecule has 0 aliphatic heterocycles. The van der Waals surface area contributed by atoms with Gasteiger partial charge in [0, 0.05) is 0 Å². The lowest BCUT2D eigenvalue weighted by Gasteiger charge is -2.02. The number of halogens is 3. The van der Waals surface area contributed by atoms with Crippen molar-refractivity contribution in [2.24, 2.45) is 5.73 Å². The van der Waals surface area contributed by atoms with Crippen LogP contribution in [-0.2, 0) is 6.42 Å². The fourth-order valence-corrected chi connectivity index (χ4v) is 1.10. The van der Waals surface area contributed by atoms with Gasteiger partial charge in [0.15, 0.2) is 5.82 Å². The van der Waals surface area contributed by atoms with Gasteiger partial charge in [-0.2, -0.15) is 18.2 Å². The first-order valence-electron chi connectivity index (χ1n) is 4.57. The van der Waals surface area contributed by atoms with Crippen molar-refractivity contribution >= 4 is 0 Å². The van der Waals surface area contributed by atoms with Gasteiger partial charge in [-0.3, -0.25) is 0 Å². The summed E-state index contributed by atoms with van der Waals surface area (Å²) in [6.45, 7) is 1.91. The Morgan fingerprint density at radius 1 is 1.47 bits per heavy atom. The highest BCUT2D eigenvalue weighted by Crippen LogP contribution is 2.21. The second-order valence-electron chi connectivity index (χ2n) is 3.24. The van der Waals surface area contributed by atoms with E-state index in [2.05, 4.69) is 14.7 Å². The van der Waals surface area contributed by atoms with E-state index in [1.807, 2.05) is 6.92 Å². The van der Waals surface area contributed by atoms with E-state index < -0.39 is 18.6 Å². The predicted octanol–water partition coefficient (Wildman–Crippen LogP) is 1.97. The van der Waals surface area contributed by atoms with Crippen LogP contribution in [0.4, 0.5) is 13.2 Å². The summed E-state index contributed by atoms with van der Waals surface area (Å²) in [5.74, 6) is -0.305. The standard InChI is InChI=1S/C8H12F3N3O/c1-2-3-5(12)7-13-6(14-15-7)4-8(9,10)11/h5H,2-4,12H2,1H3/t5-/m0/s1. The number of aromatic nitrogens is 2. The summed E-state index contributed by atoms with van der Waals surface area (Å²) >= 11 is 0. The maximum atomic E-state index is 11.9. The largest absolute Gasteiger partial charge is 0.396 e. The molecule has 0 fully saturated rings. The molecule has 2 N–H and O–H groups in total. The van der Waals surface area contributed by atoms with E-state index in [-0.39, 0.29) is 11.7 Å². The topological polar surface area (TPSA) is 64.9 Å². The van der Waals surface area contributed by atoms with Crippen molar-refractivity contribution in [3.63, 3.8) is 0 Å². The molecule has 15 heavy (non-hydrogen) atoms. The third-order valence-corrected chi connectivity index (χ3v) is 1.76. The second-order valence-corrected chi connectivity index (χ2v) is 3.24. The number of hydrogen-bond donors (Lipinski definition) is 1. The van der Waals surface area contributed by atoms with Gasteiger partial charge in [0.05, 0.1) is 6.04 Å². The zero-order valence-corrected chi connectivity index (χ0v) is 8.21. The van der Waals surface area contributed by atoms with E-state index in [0.717, 1.165) is 6.42 Å². The molecule has 0 aliphatic rings. The van der Waals surface area contributed by atoms with Gasteiger partial charge >= 0.3 is 6.18 Å². The zero-order chi connectivity index (χ0) is 11.5. The third kappa shape index (κ3) is 3.86. The normalized spacial score (nSPS) is 14.2. The van der Waals surface area contributed by atoms with Crippen LogP contribution in [0, 0.1) is 0 Å². The molecule has 0 radical (unpaired) electrons.